The Labute approximate surface area is 122 Å². The first-order chi connectivity index (χ1) is 9.88. The number of benzene rings is 1. The first-order valence-electron chi connectivity index (χ1n) is 6.55. The van der Waals surface area contributed by atoms with Crippen LogP contribution in [0, 0.1) is 5.92 Å². The van der Waals surface area contributed by atoms with Gasteiger partial charge in [-0.1, -0.05) is 6.92 Å². The Morgan fingerprint density at radius 1 is 1.24 bits per heavy atom. The zero-order valence-corrected chi connectivity index (χ0v) is 11.8. The number of hydrogen-bond acceptors (Lipinski definition) is 3. The Hall–Kier alpha value is -2.57. The van der Waals surface area contributed by atoms with Gasteiger partial charge in [-0.05, 0) is 36.6 Å². The number of carboxylic acid groups (broad SMARTS) is 1. The largest absolute Gasteiger partial charge is 0.481 e. The van der Waals surface area contributed by atoms with E-state index in [1.165, 1.54) is 12.1 Å². The Morgan fingerprint density at radius 2 is 1.86 bits per heavy atom. The van der Waals surface area contributed by atoms with E-state index in [0.717, 1.165) is 0 Å². The zero-order chi connectivity index (χ0) is 15.8. The fourth-order valence-corrected chi connectivity index (χ4v) is 1.63. The summed E-state index contributed by atoms with van der Waals surface area (Å²) in [4.78, 5) is 33.0. The topological polar surface area (TPSA) is 122 Å². The maximum absolute atomic E-state index is 11.6. The van der Waals surface area contributed by atoms with E-state index in [1.807, 2.05) is 6.92 Å². The monoisotopic (exact) mass is 293 g/mol. The van der Waals surface area contributed by atoms with Gasteiger partial charge in [0, 0.05) is 24.2 Å². The molecule has 21 heavy (non-hydrogen) atoms. The molecule has 1 unspecified atom stereocenters. The highest BCUT2D eigenvalue weighted by Gasteiger charge is 2.08. The van der Waals surface area contributed by atoms with Crippen LogP contribution in [0.15, 0.2) is 24.3 Å². The van der Waals surface area contributed by atoms with E-state index < -0.39 is 11.9 Å². The maximum Gasteiger partial charge on any atom is 0.319 e. The quantitative estimate of drug-likeness (QED) is 0.607. The van der Waals surface area contributed by atoms with Crippen molar-refractivity contribution in [1.29, 1.82) is 0 Å². The third kappa shape index (κ3) is 6.42. The third-order valence-electron chi connectivity index (χ3n) is 2.89. The molecule has 0 heterocycles. The normalized spacial score (nSPS) is 11.5. The van der Waals surface area contributed by atoms with Gasteiger partial charge in [-0.15, -0.1) is 0 Å². The Kier molecular flexibility index (Phi) is 6.19. The Morgan fingerprint density at radius 3 is 2.38 bits per heavy atom. The molecule has 7 heteroatoms. The van der Waals surface area contributed by atoms with Crippen molar-refractivity contribution in [3.05, 3.63) is 29.8 Å². The van der Waals surface area contributed by atoms with Crippen LogP contribution in [0.4, 0.5) is 10.5 Å². The van der Waals surface area contributed by atoms with E-state index in [2.05, 4.69) is 10.6 Å². The zero-order valence-electron chi connectivity index (χ0n) is 11.8. The van der Waals surface area contributed by atoms with Crippen molar-refractivity contribution >= 4 is 23.6 Å². The molecule has 0 aliphatic heterocycles. The number of nitrogens with one attached hydrogen (secondary N) is 2. The molecule has 0 aliphatic carbocycles. The Balaban J connectivity index is 2.36. The smallest absolute Gasteiger partial charge is 0.319 e. The van der Waals surface area contributed by atoms with Crippen molar-refractivity contribution in [2.45, 2.75) is 19.8 Å². The highest BCUT2D eigenvalue weighted by atomic mass is 16.4. The van der Waals surface area contributed by atoms with E-state index in [0.29, 0.717) is 24.2 Å². The molecule has 114 valence electrons. The molecule has 0 spiro atoms. The fraction of sp³-hybridized carbons (Fsp3) is 0.357. The number of rotatable bonds is 7. The number of anilines is 1. The second-order valence-corrected chi connectivity index (χ2v) is 4.81. The van der Waals surface area contributed by atoms with Crippen molar-refractivity contribution in [2.75, 3.05) is 11.9 Å². The summed E-state index contributed by atoms with van der Waals surface area (Å²) in [5.41, 5.74) is 6.02. The molecule has 5 N–H and O–H groups in total. The van der Waals surface area contributed by atoms with Crippen LogP contribution >= 0.6 is 0 Å². The van der Waals surface area contributed by atoms with Crippen LogP contribution in [0.2, 0.25) is 0 Å². The molecule has 1 atom stereocenters. The van der Waals surface area contributed by atoms with E-state index in [1.54, 1.807) is 12.1 Å². The molecular formula is C14H19N3O4. The van der Waals surface area contributed by atoms with Gasteiger partial charge in [-0.2, -0.15) is 0 Å². The third-order valence-corrected chi connectivity index (χ3v) is 2.89. The first kappa shape index (κ1) is 16.5. The van der Waals surface area contributed by atoms with Crippen molar-refractivity contribution in [2.24, 2.45) is 11.7 Å². The number of carboxylic acids is 1. The van der Waals surface area contributed by atoms with Gasteiger partial charge in [0.15, 0.2) is 0 Å². The van der Waals surface area contributed by atoms with Crippen molar-refractivity contribution in [3.63, 3.8) is 0 Å². The van der Waals surface area contributed by atoms with Crippen LogP contribution in [-0.4, -0.2) is 29.6 Å². The molecule has 1 aromatic carbocycles. The van der Waals surface area contributed by atoms with Gasteiger partial charge < -0.3 is 21.5 Å². The average molecular weight is 293 g/mol. The number of amides is 3. The van der Waals surface area contributed by atoms with Gasteiger partial charge in [0.05, 0.1) is 0 Å². The van der Waals surface area contributed by atoms with Crippen LogP contribution in [0.25, 0.3) is 0 Å². The van der Waals surface area contributed by atoms with Crippen LogP contribution in [-0.2, 0) is 4.79 Å². The van der Waals surface area contributed by atoms with Crippen LogP contribution in [0.1, 0.15) is 30.1 Å². The SMILES string of the molecule is CC(CCC(=O)O)CNC(=O)Nc1ccc(C(N)=O)cc1. The summed E-state index contributed by atoms with van der Waals surface area (Å²) < 4.78 is 0. The second-order valence-electron chi connectivity index (χ2n) is 4.81. The van der Waals surface area contributed by atoms with Gasteiger partial charge in [0.25, 0.3) is 0 Å². The number of urea groups is 1. The molecule has 0 radical (unpaired) electrons. The molecule has 0 aromatic heterocycles. The molecule has 3 amide bonds. The minimum Gasteiger partial charge on any atom is -0.481 e. The molecule has 7 nitrogen and oxygen atoms in total. The standard InChI is InChI=1S/C14H19N3O4/c1-9(2-7-12(18)19)8-16-14(21)17-11-5-3-10(4-6-11)13(15)20/h3-6,9H,2,7-8H2,1H3,(H2,15,20)(H,18,19)(H2,16,17,21). The number of aliphatic carboxylic acids is 1. The van der Waals surface area contributed by atoms with Gasteiger partial charge in [0.2, 0.25) is 5.91 Å². The van der Waals surface area contributed by atoms with Crippen molar-refractivity contribution in [1.82, 2.24) is 5.32 Å². The summed E-state index contributed by atoms with van der Waals surface area (Å²) >= 11 is 0. The highest BCUT2D eigenvalue weighted by Crippen LogP contribution is 2.09. The minimum atomic E-state index is -0.846. The summed E-state index contributed by atoms with van der Waals surface area (Å²) in [5, 5.41) is 13.8. The molecule has 1 aromatic rings. The summed E-state index contributed by atoms with van der Waals surface area (Å²) in [6.07, 6.45) is 0.585. The molecule has 1 rings (SSSR count). The molecule has 0 aliphatic rings. The summed E-state index contributed by atoms with van der Waals surface area (Å²) in [7, 11) is 0. The van der Waals surface area contributed by atoms with Gasteiger partial charge >= 0.3 is 12.0 Å². The van der Waals surface area contributed by atoms with E-state index in [4.69, 9.17) is 10.8 Å². The van der Waals surface area contributed by atoms with Crippen molar-refractivity contribution in [3.8, 4) is 0 Å². The second kappa shape index (κ2) is 7.88. The molecule has 0 saturated carbocycles. The molecule has 0 bridgehead atoms. The summed E-state index contributed by atoms with van der Waals surface area (Å²) in [6, 6.07) is 5.81. The van der Waals surface area contributed by atoms with Crippen LogP contribution < -0.4 is 16.4 Å². The number of carbonyl (C=O) groups excluding carboxylic acids is 2. The van der Waals surface area contributed by atoms with E-state index in [-0.39, 0.29) is 18.4 Å². The summed E-state index contributed by atoms with van der Waals surface area (Å²) in [6.45, 7) is 2.25. The Bertz CT molecular complexity index is 513. The molecule has 0 fully saturated rings. The number of primary amides is 1. The lowest BCUT2D eigenvalue weighted by molar-refractivity contribution is -0.137. The van der Waals surface area contributed by atoms with Gasteiger partial charge in [-0.3, -0.25) is 9.59 Å². The highest BCUT2D eigenvalue weighted by molar-refractivity contribution is 5.94. The van der Waals surface area contributed by atoms with E-state index >= 15 is 0 Å². The molecule has 0 saturated heterocycles. The lowest BCUT2D eigenvalue weighted by Gasteiger charge is -2.12. The van der Waals surface area contributed by atoms with Gasteiger partial charge in [-0.25, -0.2) is 4.79 Å². The lowest BCUT2D eigenvalue weighted by Crippen LogP contribution is -2.32. The minimum absolute atomic E-state index is 0.0732. The average Bonchev–Trinajstić information content (AvgIpc) is 2.43. The van der Waals surface area contributed by atoms with Crippen molar-refractivity contribution < 1.29 is 19.5 Å². The predicted molar refractivity (Wildman–Crippen MR) is 78.0 cm³/mol. The summed E-state index contributed by atoms with van der Waals surface area (Å²) in [5.74, 6) is -1.30. The fourth-order valence-electron chi connectivity index (χ4n) is 1.63. The van der Waals surface area contributed by atoms with Crippen LogP contribution in [0.5, 0.6) is 0 Å². The number of nitrogens with two attached hydrogens (primary N) is 1. The number of carbonyl (C=O) groups is 3. The van der Waals surface area contributed by atoms with E-state index in [9.17, 15) is 14.4 Å². The molecular weight excluding hydrogens is 274 g/mol. The van der Waals surface area contributed by atoms with Crippen LogP contribution in [0.3, 0.4) is 0 Å². The lowest BCUT2D eigenvalue weighted by atomic mass is 10.1. The first-order valence-corrected chi connectivity index (χ1v) is 6.55. The van der Waals surface area contributed by atoms with Gasteiger partial charge in [0.1, 0.15) is 0 Å². The predicted octanol–water partition coefficient (Wildman–Crippen LogP) is 1.41. The number of hydrogen-bond donors (Lipinski definition) is 4. The maximum atomic E-state index is 11.6.